The normalized spacial score (nSPS) is 13.1. The Labute approximate surface area is 273 Å². The number of benzene rings is 3. The molecule has 0 atom stereocenters. The van der Waals surface area contributed by atoms with E-state index in [9.17, 15) is 32.3 Å². The van der Waals surface area contributed by atoms with Gasteiger partial charge in [0, 0.05) is 74.6 Å². The zero-order chi connectivity index (χ0) is 33.8. The number of Topliss-reactive ketones (excluding diaryl/α,β-unsaturated/α-hetero) is 2. The number of rotatable bonds is 10. The van der Waals surface area contributed by atoms with Crippen LogP contribution in [-0.2, 0) is 22.6 Å². The predicted octanol–water partition coefficient (Wildman–Crippen LogP) is 4.58. The number of ketones is 2. The minimum absolute atomic E-state index is 0.0330. The number of nitrogens with zero attached hydrogens (tertiary/aromatic N) is 5. The maximum atomic E-state index is 14.5. The summed E-state index contributed by atoms with van der Waals surface area (Å²) in [6.07, 6.45) is 3.66. The summed E-state index contributed by atoms with van der Waals surface area (Å²) in [6, 6.07) is 20.7. The van der Waals surface area contributed by atoms with Crippen LogP contribution in [0.5, 0.6) is 0 Å². The Morgan fingerprint density at radius 2 is 1.44 bits per heavy atom. The Morgan fingerprint density at radius 1 is 0.771 bits per heavy atom. The van der Waals surface area contributed by atoms with Gasteiger partial charge in [-0.05, 0) is 47.5 Å². The molecule has 3 heterocycles. The SMILES string of the molecule is O=C(CC(=O)c1cc(Cc2c(F)cc(F)cc2F)cn(Cc2ccccc2)c1=O)C(=O)N1CCN(c2ccc(-n3cccn3)cc2)CC1. The van der Waals surface area contributed by atoms with Crippen LogP contribution in [0.3, 0.4) is 0 Å². The molecular weight excluding hydrogens is 623 g/mol. The van der Waals surface area contributed by atoms with E-state index in [-0.39, 0.29) is 25.2 Å². The molecule has 1 aliphatic rings. The van der Waals surface area contributed by atoms with Crippen molar-refractivity contribution in [1.29, 1.82) is 0 Å². The number of halogens is 3. The van der Waals surface area contributed by atoms with E-state index in [4.69, 9.17) is 0 Å². The molecule has 6 rings (SSSR count). The van der Waals surface area contributed by atoms with E-state index in [0.29, 0.717) is 30.8 Å². The average Bonchev–Trinajstić information content (AvgIpc) is 3.63. The number of carbonyl (C=O) groups excluding carboxylic acids is 3. The van der Waals surface area contributed by atoms with Crippen molar-refractivity contribution in [2.45, 2.75) is 19.4 Å². The number of hydrogen-bond donors (Lipinski definition) is 0. The number of piperazine rings is 1. The van der Waals surface area contributed by atoms with Gasteiger partial charge < -0.3 is 14.4 Å². The molecule has 0 radical (unpaired) electrons. The lowest BCUT2D eigenvalue weighted by Crippen LogP contribution is -2.51. The van der Waals surface area contributed by atoms with Gasteiger partial charge in [0.25, 0.3) is 11.5 Å². The van der Waals surface area contributed by atoms with Crippen LogP contribution in [0.2, 0.25) is 0 Å². The van der Waals surface area contributed by atoms with Gasteiger partial charge in [0.2, 0.25) is 5.78 Å². The van der Waals surface area contributed by atoms with Crippen LogP contribution < -0.4 is 10.5 Å². The van der Waals surface area contributed by atoms with Gasteiger partial charge in [-0.15, -0.1) is 0 Å². The lowest BCUT2D eigenvalue weighted by molar-refractivity contribution is -0.144. The molecule has 3 aromatic carbocycles. The molecule has 0 N–H and O–H groups in total. The van der Waals surface area contributed by atoms with Gasteiger partial charge in [-0.1, -0.05) is 30.3 Å². The summed E-state index contributed by atoms with van der Waals surface area (Å²) in [5.74, 6) is -6.00. The van der Waals surface area contributed by atoms with Gasteiger partial charge >= 0.3 is 0 Å². The van der Waals surface area contributed by atoms with E-state index >= 15 is 0 Å². The van der Waals surface area contributed by atoms with Crippen molar-refractivity contribution >= 4 is 23.2 Å². The Balaban J connectivity index is 1.15. The highest BCUT2D eigenvalue weighted by molar-refractivity contribution is 6.40. The van der Waals surface area contributed by atoms with E-state index in [1.54, 1.807) is 41.2 Å². The van der Waals surface area contributed by atoms with Crippen molar-refractivity contribution < 1.29 is 27.6 Å². The fourth-order valence-electron chi connectivity index (χ4n) is 5.74. The molecule has 244 valence electrons. The fraction of sp³-hybridized carbons (Fsp3) is 0.194. The van der Waals surface area contributed by atoms with Crippen molar-refractivity contribution in [3.05, 3.63) is 148 Å². The van der Waals surface area contributed by atoms with Crippen molar-refractivity contribution in [1.82, 2.24) is 19.2 Å². The fourth-order valence-corrected chi connectivity index (χ4v) is 5.74. The van der Waals surface area contributed by atoms with Crippen molar-refractivity contribution in [3.63, 3.8) is 0 Å². The first-order chi connectivity index (χ1) is 23.2. The summed E-state index contributed by atoms with van der Waals surface area (Å²) < 4.78 is 45.5. The van der Waals surface area contributed by atoms with Crippen molar-refractivity contribution in [2.24, 2.45) is 0 Å². The molecule has 0 aliphatic carbocycles. The summed E-state index contributed by atoms with van der Waals surface area (Å²) in [5, 5.41) is 4.22. The number of amides is 1. The molecule has 2 aromatic heterocycles. The van der Waals surface area contributed by atoms with Crippen LogP contribution in [-0.4, -0.2) is 62.9 Å². The summed E-state index contributed by atoms with van der Waals surface area (Å²) in [5.41, 5.74) is 1.20. The Bertz CT molecular complexity index is 2000. The third-order valence-electron chi connectivity index (χ3n) is 8.24. The monoisotopic (exact) mass is 653 g/mol. The van der Waals surface area contributed by atoms with E-state index in [1.807, 2.05) is 36.5 Å². The first-order valence-corrected chi connectivity index (χ1v) is 15.3. The number of anilines is 1. The molecule has 0 bridgehead atoms. The van der Waals surface area contributed by atoms with Crippen LogP contribution in [0.1, 0.15) is 33.5 Å². The summed E-state index contributed by atoms with van der Waals surface area (Å²) >= 11 is 0. The van der Waals surface area contributed by atoms with Crippen LogP contribution in [0.15, 0.2) is 102 Å². The zero-order valence-corrected chi connectivity index (χ0v) is 25.7. The molecule has 9 nitrogen and oxygen atoms in total. The Hall–Kier alpha value is -5.78. The zero-order valence-electron chi connectivity index (χ0n) is 25.7. The highest BCUT2D eigenvalue weighted by Gasteiger charge is 2.29. The van der Waals surface area contributed by atoms with Crippen LogP contribution >= 0.6 is 0 Å². The first kappa shape index (κ1) is 32.2. The standard InChI is InChI=1S/C36H30F3N5O4/c37-26-19-31(38)29(32(39)20-26)17-25-18-30(35(47)43(23-25)22-24-5-2-1-3-6-24)33(45)21-34(46)36(48)42-15-13-41(14-16-42)27-7-9-28(10-8-27)44-12-4-11-40-44/h1-12,18-20,23H,13-17,21-22H2. The third kappa shape index (κ3) is 7.12. The molecule has 1 amide bonds. The largest absolute Gasteiger partial charge is 0.368 e. The number of hydrogen-bond acceptors (Lipinski definition) is 6. The maximum Gasteiger partial charge on any atom is 0.290 e. The third-order valence-corrected chi connectivity index (χ3v) is 8.24. The number of carbonyl (C=O) groups is 3. The van der Waals surface area contributed by atoms with Gasteiger partial charge in [0.15, 0.2) is 5.78 Å². The highest BCUT2D eigenvalue weighted by atomic mass is 19.1. The molecule has 48 heavy (non-hydrogen) atoms. The number of pyridine rings is 1. The maximum absolute atomic E-state index is 14.5. The van der Waals surface area contributed by atoms with Gasteiger partial charge in [-0.25, -0.2) is 17.9 Å². The minimum Gasteiger partial charge on any atom is -0.368 e. The lowest BCUT2D eigenvalue weighted by Gasteiger charge is -2.35. The first-order valence-electron chi connectivity index (χ1n) is 15.3. The van der Waals surface area contributed by atoms with E-state index in [1.165, 1.54) is 21.7 Å². The molecular formula is C36H30F3N5O4. The van der Waals surface area contributed by atoms with Crippen LogP contribution in [0.25, 0.3) is 5.69 Å². The molecule has 5 aromatic rings. The molecule has 0 spiro atoms. The molecule has 0 unspecified atom stereocenters. The Morgan fingerprint density at radius 3 is 2.08 bits per heavy atom. The van der Waals surface area contributed by atoms with Crippen LogP contribution in [0, 0.1) is 17.5 Å². The van der Waals surface area contributed by atoms with Gasteiger partial charge in [0.1, 0.15) is 17.5 Å². The van der Waals surface area contributed by atoms with Crippen molar-refractivity contribution in [3.8, 4) is 5.69 Å². The number of aromatic nitrogens is 3. The van der Waals surface area contributed by atoms with Gasteiger partial charge in [0.05, 0.1) is 24.2 Å². The summed E-state index contributed by atoms with van der Waals surface area (Å²) in [6.45, 7) is 1.49. The second-order valence-electron chi connectivity index (χ2n) is 11.5. The molecule has 12 heteroatoms. The highest BCUT2D eigenvalue weighted by Crippen LogP contribution is 2.21. The van der Waals surface area contributed by atoms with Gasteiger partial charge in [-0.3, -0.25) is 19.2 Å². The predicted molar refractivity (Wildman–Crippen MR) is 172 cm³/mol. The second-order valence-corrected chi connectivity index (χ2v) is 11.5. The average molecular weight is 654 g/mol. The molecule has 0 saturated carbocycles. The molecule has 1 saturated heterocycles. The van der Waals surface area contributed by atoms with E-state index < -0.39 is 64.5 Å². The second kappa shape index (κ2) is 13.9. The molecule has 1 aliphatic heterocycles. The van der Waals surface area contributed by atoms with Gasteiger partial charge in [-0.2, -0.15) is 5.10 Å². The smallest absolute Gasteiger partial charge is 0.290 e. The van der Waals surface area contributed by atoms with E-state index in [2.05, 4.69) is 10.00 Å². The summed E-state index contributed by atoms with van der Waals surface area (Å²) in [7, 11) is 0. The minimum atomic E-state index is -1.12. The molecule has 1 fully saturated rings. The summed E-state index contributed by atoms with van der Waals surface area (Å²) in [4.78, 5) is 56.4. The lowest BCUT2D eigenvalue weighted by atomic mass is 10.00. The Kier molecular flexibility index (Phi) is 9.33. The van der Waals surface area contributed by atoms with E-state index in [0.717, 1.165) is 11.4 Å². The topological polar surface area (TPSA) is 97.5 Å². The van der Waals surface area contributed by atoms with Crippen LogP contribution in [0.4, 0.5) is 18.9 Å². The van der Waals surface area contributed by atoms with Crippen molar-refractivity contribution in [2.75, 3.05) is 31.1 Å². The quantitative estimate of drug-likeness (QED) is 0.124.